The smallest absolute Gasteiger partial charge is 0.261 e. The minimum absolute atomic E-state index is 0.0548. The van der Waals surface area contributed by atoms with Crippen molar-refractivity contribution in [3.8, 4) is 5.75 Å². The van der Waals surface area contributed by atoms with E-state index in [0.29, 0.717) is 10.7 Å². The van der Waals surface area contributed by atoms with Crippen LogP contribution in [0, 0.1) is 0 Å². The number of anilines is 2. The normalized spacial score (nSPS) is 11.1. The molecule has 10 heteroatoms. The Bertz CT molecular complexity index is 1220. The summed E-state index contributed by atoms with van der Waals surface area (Å²) in [4.78, 5) is 12.6. The summed E-state index contributed by atoms with van der Waals surface area (Å²) < 4.78 is 34.1. The van der Waals surface area contributed by atoms with E-state index in [2.05, 4.69) is 26.0 Å². The average Bonchev–Trinajstić information content (AvgIpc) is 2.67. The number of ether oxygens (including phenoxy) is 1. The Morgan fingerprint density at radius 1 is 1.03 bits per heavy atom. The largest absolute Gasteiger partial charge is 0.495 e. The highest BCUT2D eigenvalue weighted by molar-refractivity contribution is 9.10. The van der Waals surface area contributed by atoms with Gasteiger partial charge in [0.05, 0.1) is 28.3 Å². The number of nitrogens with one attached hydrogen (secondary N) is 2. The van der Waals surface area contributed by atoms with E-state index in [9.17, 15) is 13.2 Å². The van der Waals surface area contributed by atoms with E-state index in [1.54, 1.807) is 24.3 Å². The highest BCUT2D eigenvalue weighted by Crippen LogP contribution is 2.30. The van der Waals surface area contributed by atoms with Crippen LogP contribution < -0.4 is 14.8 Å². The van der Waals surface area contributed by atoms with Crippen LogP contribution in [0.3, 0.4) is 0 Å². The van der Waals surface area contributed by atoms with Crippen LogP contribution in [-0.4, -0.2) is 21.4 Å². The topological polar surface area (TPSA) is 84.5 Å². The summed E-state index contributed by atoms with van der Waals surface area (Å²) in [6.45, 7) is 0. The first-order valence-electron chi connectivity index (χ1n) is 8.42. The molecule has 0 heterocycles. The molecule has 0 unspecified atom stereocenters. The second-order valence-electron chi connectivity index (χ2n) is 6.06. The third kappa shape index (κ3) is 5.26. The number of rotatable bonds is 6. The quantitative estimate of drug-likeness (QED) is 0.421. The summed E-state index contributed by atoms with van der Waals surface area (Å²) >= 11 is 15.2. The van der Waals surface area contributed by atoms with Gasteiger partial charge < -0.3 is 10.1 Å². The molecule has 0 spiro atoms. The van der Waals surface area contributed by atoms with Crippen molar-refractivity contribution in [1.82, 2.24) is 0 Å². The lowest BCUT2D eigenvalue weighted by atomic mass is 10.2. The number of carbonyl (C=O) groups excluding carboxylic acids is 1. The van der Waals surface area contributed by atoms with Gasteiger partial charge in [0.25, 0.3) is 15.9 Å². The number of amides is 1. The van der Waals surface area contributed by atoms with E-state index in [4.69, 9.17) is 27.9 Å². The van der Waals surface area contributed by atoms with E-state index in [1.807, 2.05) is 0 Å². The van der Waals surface area contributed by atoms with Crippen molar-refractivity contribution in [3.05, 3.63) is 80.7 Å². The van der Waals surface area contributed by atoms with E-state index in [0.717, 1.165) is 4.47 Å². The third-order valence-corrected chi connectivity index (χ3v) is 6.40. The zero-order valence-electron chi connectivity index (χ0n) is 15.4. The summed E-state index contributed by atoms with van der Waals surface area (Å²) in [5, 5.41) is 3.19. The standard InChI is InChI=1S/C20H15BrCl2N2O4S/c1-29-19-8-6-15(30(27,28)25-14-4-2-3-12(21)9-14)11-18(19)24-20(26)16-7-5-13(22)10-17(16)23/h2-11,25H,1H3,(H,24,26). The summed E-state index contributed by atoms with van der Waals surface area (Å²) in [6, 6.07) is 15.3. The summed E-state index contributed by atoms with van der Waals surface area (Å²) in [5.41, 5.74) is 0.744. The second-order valence-corrected chi connectivity index (χ2v) is 9.50. The molecule has 0 aliphatic carbocycles. The summed E-state index contributed by atoms with van der Waals surface area (Å²) in [5.74, 6) is -0.251. The van der Waals surface area contributed by atoms with Crippen LogP contribution in [-0.2, 0) is 10.0 Å². The monoisotopic (exact) mass is 528 g/mol. The first-order valence-corrected chi connectivity index (χ1v) is 11.5. The molecule has 0 saturated carbocycles. The molecule has 0 bridgehead atoms. The second kappa shape index (κ2) is 9.26. The lowest BCUT2D eigenvalue weighted by Crippen LogP contribution is -2.16. The van der Waals surface area contributed by atoms with Crippen molar-refractivity contribution in [3.63, 3.8) is 0 Å². The van der Waals surface area contributed by atoms with Crippen LogP contribution in [0.4, 0.5) is 11.4 Å². The van der Waals surface area contributed by atoms with Crippen LogP contribution in [0.25, 0.3) is 0 Å². The minimum Gasteiger partial charge on any atom is -0.495 e. The molecular weight excluding hydrogens is 515 g/mol. The van der Waals surface area contributed by atoms with Crippen LogP contribution in [0.5, 0.6) is 5.75 Å². The molecule has 2 N–H and O–H groups in total. The van der Waals surface area contributed by atoms with Gasteiger partial charge in [0.2, 0.25) is 0 Å². The first kappa shape index (κ1) is 22.4. The fourth-order valence-corrected chi connectivity index (χ4v) is 4.55. The molecule has 3 rings (SSSR count). The van der Waals surface area contributed by atoms with Gasteiger partial charge in [-0.05, 0) is 54.6 Å². The Morgan fingerprint density at radius 3 is 2.47 bits per heavy atom. The van der Waals surface area contributed by atoms with Crippen molar-refractivity contribution in [2.75, 3.05) is 17.1 Å². The fraction of sp³-hybridized carbons (Fsp3) is 0.0500. The number of halogens is 3. The molecule has 3 aromatic carbocycles. The molecule has 0 saturated heterocycles. The molecule has 156 valence electrons. The first-order chi connectivity index (χ1) is 14.2. The highest BCUT2D eigenvalue weighted by Gasteiger charge is 2.19. The molecule has 0 atom stereocenters. The van der Waals surface area contributed by atoms with Crippen LogP contribution in [0.2, 0.25) is 10.0 Å². The molecule has 0 aliphatic rings. The van der Waals surface area contributed by atoms with Crippen LogP contribution in [0.1, 0.15) is 10.4 Å². The summed E-state index contributed by atoms with van der Waals surface area (Å²) in [6.07, 6.45) is 0. The van der Waals surface area contributed by atoms with Gasteiger partial charge in [-0.25, -0.2) is 8.42 Å². The lowest BCUT2D eigenvalue weighted by molar-refractivity contribution is 0.102. The van der Waals surface area contributed by atoms with E-state index in [-0.39, 0.29) is 26.9 Å². The molecule has 0 fully saturated rings. The van der Waals surface area contributed by atoms with E-state index >= 15 is 0 Å². The lowest BCUT2D eigenvalue weighted by Gasteiger charge is -2.14. The fourth-order valence-electron chi connectivity index (χ4n) is 2.58. The van der Waals surface area contributed by atoms with Crippen molar-refractivity contribution < 1.29 is 17.9 Å². The zero-order chi connectivity index (χ0) is 21.9. The molecule has 0 aliphatic heterocycles. The molecule has 30 heavy (non-hydrogen) atoms. The van der Waals surface area contributed by atoms with Crippen molar-refractivity contribution in [1.29, 1.82) is 0 Å². The van der Waals surface area contributed by atoms with Crippen molar-refractivity contribution >= 4 is 66.4 Å². The highest BCUT2D eigenvalue weighted by atomic mass is 79.9. The maximum atomic E-state index is 12.8. The minimum atomic E-state index is -3.91. The predicted molar refractivity (Wildman–Crippen MR) is 122 cm³/mol. The van der Waals surface area contributed by atoms with Gasteiger partial charge in [0, 0.05) is 15.2 Å². The number of hydrogen-bond acceptors (Lipinski definition) is 4. The number of benzene rings is 3. The van der Waals surface area contributed by atoms with E-state index in [1.165, 1.54) is 43.5 Å². The Balaban J connectivity index is 1.92. The van der Waals surface area contributed by atoms with Crippen LogP contribution in [0.15, 0.2) is 70.0 Å². The SMILES string of the molecule is COc1ccc(S(=O)(=O)Nc2cccc(Br)c2)cc1NC(=O)c1ccc(Cl)cc1Cl. The Hall–Kier alpha value is -2.26. The van der Waals surface area contributed by atoms with Gasteiger partial charge in [0.1, 0.15) is 5.75 Å². The Labute approximate surface area is 192 Å². The van der Waals surface area contributed by atoms with Gasteiger partial charge in [-0.15, -0.1) is 0 Å². The molecule has 1 amide bonds. The summed E-state index contributed by atoms with van der Waals surface area (Å²) in [7, 11) is -2.50. The molecule has 3 aromatic rings. The van der Waals surface area contributed by atoms with E-state index < -0.39 is 15.9 Å². The third-order valence-electron chi connectivity index (χ3n) is 3.98. The Kier molecular flexibility index (Phi) is 6.92. The number of carbonyl (C=O) groups is 1. The van der Waals surface area contributed by atoms with Gasteiger partial charge in [-0.3, -0.25) is 9.52 Å². The van der Waals surface area contributed by atoms with Gasteiger partial charge in [-0.2, -0.15) is 0 Å². The number of sulfonamides is 1. The van der Waals surface area contributed by atoms with Crippen LogP contribution >= 0.6 is 39.1 Å². The van der Waals surface area contributed by atoms with Gasteiger partial charge >= 0.3 is 0 Å². The maximum Gasteiger partial charge on any atom is 0.261 e. The molecule has 0 aromatic heterocycles. The van der Waals surface area contributed by atoms with Crippen molar-refractivity contribution in [2.24, 2.45) is 0 Å². The zero-order valence-corrected chi connectivity index (χ0v) is 19.4. The maximum absolute atomic E-state index is 12.8. The predicted octanol–water partition coefficient (Wildman–Crippen LogP) is 5.82. The average molecular weight is 530 g/mol. The number of hydrogen-bond donors (Lipinski definition) is 2. The number of methoxy groups -OCH3 is 1. The Morgan fingerprint density at radius 2 is 1.80 bits per heavy atom. The van der Waals surface area contributed by atoms with Gasteiger partial charge in [0.15, 0.2) is 0 Å². The van der Waals surface area contributed by atoms with Gasteiger partial charge in [-0.1, -0.05) is 45.2 Å². The molecular formula is C20H15BrCl2N2O4S. The molecule has 0 radical (unpaired) electrons. The molecule has 6 nitrogen and oxygen atoms in total. The van der Waals surface area contributed by atoms with Crippen molar-refractivity contribution in [2.45, 2.75) is 4.90 Å².